The monoisotopic (exact) mass is 324 g/mol. The van der Waals surface area contributed by atoms with Crippen molar-refractivity contribution in [3.05, 3.63) is 23.3 Å². The van der Waals surface area contributed by atoms with Crippen molar-refractivity contribution in [1.82, 2.24) is 5.10 Å². The maximum atomic E-state index is 4.87. The third-order valence-corrected chi connectivity index (χ3v) is 6.76. The SMILES string of the molecule is C[n+]1nc(NC2CC3CCC2C3)[n+](C)c2cc3c(cc21)CCCC3. The van der Waals surface area contributed by atoms with E-state index in [9.17, 15) is 0 Å². The summed E-state index contributed by atoms with van der Waals surface area (Å²) >= 11 is 0. The highest BCUT2D eigenvalue weighted by Crippen LogP contribution is 2.45. The van der Waals surface area contributed by atoms with Gasteiger partial charge in [-0.05, 0) is 85.1 Å². The lowest BCUT2D eigenvalue weighted by molar-refractivity contribution is -0.733. The largest absolute Gasteiger partial charge is 0.458 e. The molecule has 1 aromatic carbocycles. The molecule has 4 nitrogen and oxygen atoms in total. The number of fused-ring (bicyclic) bond motifs is 4. The highest BCUT2D eigenvalue weighted by molar-refractivity contribution is 5.70. The first-order chi connectivity index (χ1) is 11.7. The summed E-state index contributed by atoms with van der Waals surface area (Å²) in [6.45, 7) is 0. The summed E-state index contributed by atoms with van der Waals surface area (Å²) in [6.07, 6.45) is 10.7. The predicted octanol–water partition coefficient (Wildman–Crippen LogP) is 2.36. The van der Waals surface area contributed by atoms with E-state index in [0.717, 1.165) is 17.8 Å². The van der Waals surface area contributed by atoms with Crippen LogP contribution in [0.25, 0.3) is 11.0 Å². The normalized spacial score (nSPS) is 28.3. The maximum absolute atomic E-state index is 4.87. The zero-order chi connectivity index (χ0) is 16.3. The fourth-order valence-electron chi connectivity index (χ4n) is 5.38. The zero-order valence-electron chi connectivity index (χ0n) is 14.9. The minimum atomic E-state index is 0.623. The van der Waals surface area contributed by atoms with Crippen molar-refractivity contribution in [2.75, 3.05) is 5.32 Å². The topological polar surface area (TPSA) is 32.7 Å². The molecule has 3 aliphatic carbocycles. The molecule has 0 spiro atoms. The van der Waals surface area contributed by atoms with Crippen molar-refractivity contribution >= 4 is 17.0 Å². The number of hydrogen-bond acceptors (Lipinski definition) is 2. The van der Waals surface area contributed by atoms with Gasteiger partial charge in [0.2, 0.25) is 0 Å². The van der Waals surface area contributed by atoms with Gasteiger partial charge in [0.25, 0.3) is 5.52 Å². The molecule has 0 saturated heterocycles. The van der Waals surface area contributed by atoms with E-state index in [1.165, 1.54) is 68.0 Å². The van der Waals surface area contributed by atoms with Gasteiger partial charge in [0.05, 0.1) is 13.1 Å². The standard InChI is InChI=1S/C20H27N4/c1-23-18-11-14-5-3-4-6-15(14)12-19(18)24(2)22-20(23)21-17-10-13-7-8-16(17)9-13/h11-13,16-17H,3-10H2,1-2H3/q+1/p+1. The van der Waals surface area contributed by atoms with Gasteiger partial charge in [-0.1, -0.05) is 0 Å². The van der Waals surface area contributed by atoms with Gasteiger partial charge < -0.3 is 0 Å². The van der Waals surface area contributed by atoms with Gasteiger partial charge >= 0.3 is 5.95 Å². The molecule has 4 heteroatoms. The number of aryl methyl sites for hydroxylation is 4. The van der Waals surface area contributed by atoms with E-state index < -0.39 is 0 Å². The maximum Gasteiger partial charge on any atom is 0.458 e. The molecule has 2 saturated carbocycles. The minimum Gasteiger partial charge on any atom is -0.266 e. The highest BCUT2D eigenvalue weighted by Gasteiger charge is 2.42. The summed E-state index contributed by atoms with van der Waals surface area (Å²) in [5.74, 6) is 2.85. The van der Waals surface area contributed by atoms with Gasteiger partial charge in [-0.3, -0.25) is 5.32 Å². The Balaban J connectivity index is 1.56. The molecule has 3 atom stereocenters. The van der Waals surface area contributed by atoms with Crippen LogP contribution in [-0.4, -0.2) is 11.1 Å². The van der Waals surface area contributed by atoms with Crippen molar-refractivity contribution in [3.63, 3.8) is 0 Å². The van der Waals surface area contributed by atoms with Gasteiger partial charge in [0.15, 0.2) is 17.7 Å². The summed E-state index contributed by atoms with van der Waals surface area (Å²) in [7, 11) is 4.25. The van der Waals surface area contributed by atoms with Crippen LogP contribution in [0.5, 0.6) is 0 Å². The molecule has 1 N–H and O–H groups in total. The minimum absolute atomic E-state index is 0.623. The molecular formula is C20H28N4+2. The van der Waals surface area contributed by atoms with Crippen molar-refractivity contribution < 1.29 is 9.25 Å². The summed E-state index contributed by atoms with van der Waals surface area (Å²) < 4.78 is 4.34. The first-order valence-corrected chi connectivity index (χ1v) is 9.67. The summed E-state index contributed by atoms with van der Waals surface area (Å²) in [4.78, 5) is 0. The number of rotatable bonds is 2. The van der Waals surface area contributed by atoms with Gasteiger partial charge in [-0.15, -0.1) is 0 Å². The van der Waals surface area contributed by atoms with Crippen LogP contribution >= 0.6 is 0 Å². The van der Waals surface area contributed by atoms with Crippen LogP contribution in [0.1, 0.15) is 49.7 Å². The molecule has 0 amide bonds. The predicted molar refractivity (Wildman–Crippen MR) is 93.6 cm³/mol. The van der Waals surface area contributed by atoms with E-state index in [1.807, 2.05) is 0 Å². The molecule has 2 bridgehead atoms. The van der Waals surface area contributed by atoms with Crippen molar-refractivity contribution in [3.8, 4) is 0 Å². The fraction of sp³-hybridized carbons (Fsp3) is 0.650. The van der Waals surface area contributed by atoms with E-state index >= 15 is 0 Å². The fourth-order valence-corrected chi connectivity index (χ4v) is 5.38. The van der Waals surface area contributed by atoms with Gasteiger partial charge in [-0.25, -0.2) is 4.57 Å². The number of anilines is 1. The molecule has 3 aliphatic rings. The third kappa shape index (κ3) is 2.22. The molecule has 2 fully saturated rings. The Morgan fingerprint density at radius 2 is 1.75 bits per heavy atom. The third-order valence-electron chi connectivity index (χ3n) is 6.76. The molecule has 0 radical (unpaired) electrons. The van der Waals surface area contributed by atoms with Gasteiger partial charge in [0.1, 0.15) is 0 Å². The van der Waals surface area contributed by atoms with E-state index in [4.69, 9.17) is 5.10 Å². The lowest BCUT2D eigenvalue weighted by atomic mass is 9.91. The Kier molecular flexibility index (Phi) is 3.29. The Labute approximate surface area is 143 Å². The number of benzene rings is 1. The molecule has 1 aromatic heterocycles. The van der Waals surface area contributed by atoms with Crippen LogP contribution in [0.4, 0.5) is 5.95 Å². The lowest BCUT2D eigenvalue weighted by Gasteiger charge is -2.19. The highest BCUT2D eigenvalue weighted by atomic mass is 15.4. The molecule has 126 valence electrons. The van der Waals surface area contributed by atoms with Gasteiger partial charge in [0, 0.05) is 6.07 Å². The molecule has 0 aliphatic heterocycles. The second kappa shape index (κ2) is 5.40. The molecule has 24 heavy (non-hydrogen) atoms. The summed E-state index contributed by atoms with van der Waals surface area (Å²) in [6, 6.07) is 5.41. The first-order valence-electron chi connectivity index (χ1n) is 9.67. The second-order valence-corrected chi connectivity index (χ2v) is 8.25. The Morgan fingerprint density at radius 3 is 2.42 bits per heavy atom. The van der Waals surface area contributed by atoms with Crippen molar-refractivity contribution in [1.29, 1.82) is 0 Å². The average molecular weight is 324 g/mol. The van der Waals surface area contributed by atoms with Crippen LogP contribution in [-0.2, 0) is 26.9 Å². The van der Waals surface area contributed by atoms with E-state index in [1.54, 1.807) is 5.56 Å². The smallest absolute Gasteiger partial charge is 0.266 e. The first kappa shape index (κ1) is 14.6. The molecular weight excluding hydrogens is 296 g/mol. The molecule has 2 aromatic rings. The van der Waals surface area contributed by atoms with E-state index in [2.05, 4.69) is 40.8 Å². The van der Waals surface area contributed by atoms with E-state index in [0.29, 0.717) is 6.04 Å². The number of nitrogens with one attached hydrogen (secondary N) is 1. The number of hydrogen-bond donors (Lipinski definition) is 1. The summed E-state index contributed by atoms with van der Waals surface area (Å²) in [5.41, 5.74) is 5.62. The van der Waals surface area contributed by atoms with E-state index in [-0.39, 0.29) is 0 Å². The van der Waals surface area contributed by atoms with Crippen molar-refractivity contribution in [2.24, 2.45) is 25.9 Å². The van der Waals surface area contributed by atoms with Crippen LogP contribution in [0.3, 0.4) is 0 Å². The molecule has 1 heterocycles. The molecule has 3 unspecified atom stereocenters. The quantitative estimate of drug-likeness (QED) is 0.860. The van der Waals surface area contributed by atoms with Crippen LogP contribution in [0.2, 0.25) is 0 Å². The van der Waals surface area contributed by atoms with Gasteiger partial charge in [-0.2, -0.15) is 0 Å². The lowest BCUT2D eigenvalue weighted by Crippen LogP contribution is -2.47. The van der Waals surface area contributed by atoms with Crippen molar-refractivity contribution in [2.45, 2.75) is 57.4 Å². The average Bonchev–Trinajstić information content (AvgIpc) is 3.21. The van der Waals surface area contributed by atoms with Crippen LogP contribution in [0, 0.1) is 11.8 Å². The summed E-state index contributed by atoms with van der Waals surface area (Å²) in [5, 5.41) is 8.65. The molecule has 5 rings (SSSR count). The second-order valence-electron chi connectivity index (χ2n) is 8.25. The Hall–Kier alpha value is -1.71. The number of aromatic nitrogens is 3. The Bertz CT molecular complexity index is 813. The zero-order valence-corrected chi connectivity index (χ0v) is 14.9. The number of nitrogens with zero attached hydrogens (tertiary/aromatic N) is 3. The van der Waals surface area contributed by atoms with Crippen LogP contribution < -0.4 is 14.6 Å². The van der Waals surface area contributed by atoms with Crippen LogP contribution in [0.15, 0.2) is 12.1 Å². The Morgan fingerprint density at radius 1 is 1.00 bits per heavy atom.